The molecule has 0 saturated heterocycles. The molecule has 0 saturated carbocycles. The van der Waals surface area contributed by atoms with Gasteiger partial charge in [0.15, 0.2) is 15.6 Å². The Morgan fingerprint density at radius 2 is 1.88 bits per heavy atom. The summed E-state index contributed by atoms with van der Waals surface area (Å²) < 4.78 is 23.9. The standard InChI is InChI=1S/C18H20ClNO4S/c1-12(21)13-8-9-17(25(3,23)24)16(10-13)20-11-18(2,22)14-6-4-5-7-15(14)19/h4-10,20,22H,11H2,1-3H3. The van der Waals surface area contributed by atoms with Gasteiger partial charge in [-0.3, -0.25) is 4.79 Å². The van der Waals surface area contributed by atoms with Crippen molar-refractivity contribution in [2.75, 3.05) is 18.1 Å². The van der Waals surface area contributed by atoms with Crippen molar-refractivity contribution in [1.29, 1.82) is 0 Å². The van der Waals surface area contributed by atoms with E-state index in [0.29, 0.717) is 16.1 Å². The van der Waals surface area contributed by atoms with Crippen molar-refractivity contribution in [3.05, 3.63) is 58.6 Å². The first-order valence-corrected chi connectivity index (χ1v) is 9.85. The number of sulfone groups is 1. The molecule has 0 spiro atoms. The minimum absolute atomic E-state index is 0.0145. The lowest BCUT2D eigenvalue weighted by atomic mass is 9.96. The third kappa shape index (κ3) is 4.60. The summed E-state index contributed by atoms with van der Waals surface area (Å²) in [5, 5.41) is 14.1. The zero-order chi connectivity index (χ0) is 18.8. The number of benzene rings is 2. The van der Waals surface area contributed by atoms with Gasteiger partial charge < -0.3 is 10.4 Å². The number of rotatable bonds is 6. The summed E-state index contributed by atoms with van der Waals surface area (Å²) in [6.45, 7) is 3.00. The van der Waals surface area contributed by atoms with E-state index in [4.69, 9.17) is 11.6 Å². The molecule has 0 aliphatic heterocycles. The van der Waals surface area contributed by atoms with Gasteiger partial charge in [0.1, 0.15) is 5.60 Å². The molecular weight excluding hydrogens is 362 g/mol. The highest BCUT2D eigenvalue weighted by Gasteiger charge is 2.26. The number of halogens is 1. The molecular formula is C18H20ClNO4S. The second kappa shape index (κ2) is 7.15. The Balaban J connectivity index is 2.37. The molecule has 134 valence electrons. The second-order valence-electron chi connectivity index (χ2n) is 6.15. The fourth-order valence-electron chi connectivity index (χ4n) is 2.47. The number of aliphatic hydroxyl groups is 1. The van der Waals surface area contributed by atoms with Gasteiger partial charge in [0.2, 0.25) is 0 Å². The van der Waals surface area contributed by atoms with Crippen LogP contribution in [-0.4, -0.2) is 32.1 Å². The number of anilines is 1. The van der Waals surface area contributed by atoms with Crippen LogP contribution >= 0.6 is 11.6 Å². The maximum atomic E-state index is 12.0. The van der Waals surface area contributed by atoms with Crippen LogP contribution < -0.4 is 5.32 Å². The smallest absolute Gasteiger partial charge is 0.177 e. The highest BCUT2D eigenvalue weighted by Crippen LogP contribution is 2.30. The Hall–Kier alpha value is -1.89. The highest BCUT2D eigenvalue weighted by atomic mass is 35.5. The van der Waals surface area contributed by atoms with E-state index in [2.05, 4.69) is 5.32 Å². The summed E-state index contributed by atoms with van der Waals surface area (Å²) in [5.74, 6) is -0.180. The third-order valence-corrected chi connectivity index (χ3v) is 5.35. The average molecular weight is 382 g/mol. The molecule has 0 radical (unpaired) electrons. The molecule has 0 bridgehead atoms. The number of Topliss-reactive ketones (excluding diaryl/α,β-unsaturated/α-hetero) is 1. The van der Waals surface area contributed by atoms with Gasteiger partial charge in [-0.25, -0.2) is 8.42 Å². The number of hydrogen-bond acceptors (Lipinski definition) is 5. The van der Waals surface area contributed by atoms with E-state index in [-0.39, 0.29) is 22.9 Å². The van der Waals surface area contributed by atoms with Gasteiger partial charge in [-0.15, -0.1) is 0 Å². The summed E-state index contributed by atoms with van der Waals surface area (Å²) in [6, 6.07) is 11.2. The Morgan fingerprint density at radius 1 is 1.24 bits per heavy atom. The molecule has 2 aromatic carbocycles. The van der Waals surface area contributed by atoms with E-state index in [1.165, 1.54) is 25.1 Å². The lowest BCUT2D eigenvalue weighted by Gasteiger charge is -2.26. The van der Waals surface area contributed by atoms with Crippen molar-refractivity contribution in [3.63, 3.8) is 0 Å². The van der Waals surface area contributed by atoms with E-state index in [0.717, 1.165) is 6.26 Å². The predicted octanol–water partition coefficient (Wildman–Crippen LogP) is 3.27. The van der Waals surface area contributed by atoms with Gasteiger partial charge in [0, 0.05) is 29.0 Å². The number of carbonyl (C=O) groups is 1. The van der Waals surface area contributed by atoms with Crippen LogP contribution in [0.5, 0.6) is 0 Å². The van der Waals surface area contributed by atoms with Crippen LogP contribution in [0, 0.1) is 0 Å². The first kappa shape index (κ1) is 19.4. The van der Waals surface area contributed by atoms with Crippen molar-refractivity contribution < 1.29 is 18.3 Å². The molecule has 2 rings (SSSR count). The maximum Gasteiger partial charge on any atom is 0.177 e. The van der Waals surface area contributed by atoms with Crippen molar-refractivity contribution in [1.82, 2.24) is 0 Å². The monoisotopic (exact) mass is 381 g/mol. The molecule has 5 nitrogen and oxygen atoms in total. The van der Waals surface area contributed by atoms with Crippen LogP contribution in [0.4, 0.5) is 5.69 Å². The van der Waals surface area contributed by atoms with Crippen LogP contribution in [0.2, 0.25) is 5.02 Å². The number of nitrogens with one attached hydrogen (secondary N) is 1. The SMILES string of the molecule is CC(=O)c1ccc(S(C)(=O)=O)c(NCC(C)(O)c2ccccc2Cl)c1. The van der Waals surface area contributed by atoms with E-state index in [1.54, 1.807) is 31.2 Å². The van der Waals surface area contributed by atoms with Crippen LogP contribution in [0.1, 0.15) is 29.8 Å². The van der Waals surface area contributed by atoms with Crippen molar-refractivity contribution >= 4 is 32.9 Å². The Kier molecular flexibility index (Phi) is 5.56. The summed E-state index contributed by atoms with van der Waals surface area (Å²) in [6.07, 6.45) is 1.09. The Labute approximate surface area is 152 Å². The Morgan fingerprint density at radius 3 is 2.44 bits per heavy atom. The van der Waals surface area contributed by atoms with Gasteiger partial charge in [-0.05, 0) is 38.1 Å². The maximum absolute atomic E-state index is 12.0. The molecule has 0 aliphatic carbocycles. The second-order valence-corrected chi connectivity index (χ2v) is 8.54. The van der Waals surface area contributed by atoms with Crippen LogP contribution in [0.3, 0.4) is 0 Å². The van der Waals surface area contributed by atoms with Crippen LogP contribution in [-0.2, 0) is 15.4 Å². The molecule has 0 aliphatic rings. The van der Waals surface area contributed by atoms with Gasteiger partial charge in [-0.2, -0.15) is 0 Å². The third-order valence-electron chi connectivity index (χ3n) is 3.86. The summed E-state index contributed by atoms with van der Waals surface area (Å²) in [7, 11) is -3.50. The minimum atomic E-state index is -3.50. The molecule has 0 amide bonds. The molecule has 0 aromatic heterocycles. The van der Waals surface area contributed by atoms with Gasteiger partial charge >= 0.3 is 0 Å². The number of ketones is 1. The van der Waals surface area contributed by atoms with E-state index >= 15 is 0 Å². The topological polar surface area (TPSA) is 83.5 Å². The largest absolute Gasteiger partial charge is 0.384 e. The summed E-state index contributed by atoms with van der Waals surface area (Å²) in [5.41, 5.74) is -0.165. The molecule has 1 unspecified atom stereocenters. The van der Waals surface area contributed by atoms with E-state index in [9.17, 15) is 18.3 Å². The quantitative estimate of drug-likeness (QED) is 0.750. The average Bonchev–Trinajstić information content (AvgIpc) is 2.52. The molecule has 0 fully saturated rings. The predicted molar refractivity (Wildman–Crippen MR) is 99.1 cm³/mol. The lowest BCUT2D eigenvalue weighted by Crippen LogP contribution is -2.31. The molecule has 25 heavy (non-hydrogen) atoms. The number of carbonyl (C=O) groups excluding carboxylic acids is 1. The molecule has 2 N–H and O–H groups in total. The van der Waals surface area contributed by atoms with Crippen molar-refractivity contribution in [2.45, 2.75) is 24.3 Å². The first-order valence-electron chi connectivity index (χ1n) is 7.58. The van der Waals surface area contributed by atoms with Crippen LogP contribution in [0.15, 0.2) is 47.4 Å². The normalized spacial score (nSPS) is 14.0. The van der Waals surface area contributed by atoms with E-state index < -0.39 is 15.4 Å². The van der Waals surface area contributed by atoms with Crippen LogP contribution in [0.25, 0.3) is 0 Å². The van der Waals surface area contributed by atoms with Gasteiger partial charge in [-0.1, -0.05) is 29.8 Å². The van der Waals surface area contributed by atoms with Gasteiger partial charge in [0.25, 0.3) is 0 Å². The summed E-state index contributed by atoms with van der Waals surface area (Å²) in [4.78, 5) is 11.6. The van der Waals surface area contributed by atoms with Gasteiger partial charge in [0.05, 0.1) is 10.6 Å². The Bertz CT molecular complexity index is 907. The molecule has 0 heterocycles. The first-order chi connectivity index (χ1) is 11.5. The van der Waals surface area contributed by atoms with E-state index in [1.807, 2.05) is 0 Å². The lowest BCUT2D eigenvalue weighted by molar-refractivity contribution is 0.0716. The summed E-state index contributed by atoms with van der Waals surface area (Å²) >= 11 is 6.13. The zero-order valence-electron chi connectivity index (χ0n) is 14.2. The van der Waals surface area contributed by atoms with Crippen molar-refractivity contribution in [3.8, 4) is 0 Å². The number of hydrogen-bond donors (Lipinski definition) is 2. The highest BCUT2D eigenvalue weighted by molar-refractivity contribution is 7.90. The molecule has 7 heteroatoms. The fourth-order valence-corrected chi connectivity index (χ4v) is 3.66. The zero-order valence-corrected chi connectivity index (χ0v) is 15.8. The molecule has 2 aromatic rings. The molecule has 1 atom stereocenters. The fraction of sp³-hybridized carbons (Fsp3) is 0.278. The minimum Gasteiger partial charge on any atom is -0.384 e. The van der Waals surface area contributed by atoms with Crippen molar-refractivity contribution in [2.24, 2.45) is 0 Å².